The van der Waals surface area contributed by atoms with E-state index < -0.39 is 15.6 Å². The third-order valence-corrected chi connectivity index (χ3v) is 5.87. The lowest BCUT2D eigenvalue weighted by Gasteiger charge is -2.28. The minimum atomic E-state index is -3.78. The molecular weight excluding hydrogens is 358 g/mol. The highest BCUT2D eigenvalue weighted by Gasteiger charge is 2.35. The summed E-state index contributed by atoms with van der Waals surface area (Å²) < 4.78 is 38.5. The van der Waals surface area contributed by atoms with Crippen LogP contribution in [0.25, 0.3) is 0 Å². The van der Waals surface area contributed by atoms with Crippen molar-refractivity contribution in [1.29, 1.82) is 0 Å². The van der Waals surface area contributed by atoms with Gasteiger partial charge in [-0.1, -0.05) is 0 Å². The van der Waals surface area contributed by atoms with Crippen molar-refractivity contribution in [2.24, 2.45) is 0 Å². The fourth-order valence-corrected chi connectivity index (χ4v) is 4.20. The summed E-state index contributed by atoms with van der Waals surface area (Å²) in [6.45, 7) is 1.46. The molecule has 1 amide bonds. The summed E-state index contributed by atoms with van der Waals surface area (Å²) in [5.74, 6) is 0.00294. The molecule has 1 aromatic rings. The monoisotopic (exact) mass is 385 g/mol. The molecule has 2 N–H and O–H groups in total. The van der Waals surface area contributed by atoms with Crippen LogP contribution in [0.1, 0.15) is 23.2 Å². The van der Waals surface area contributed by atoms with Gasteiger partial charge in [-0.3, -0.25) is 4.79 Å². The van der Waals surface area contributed by atoms with Crippen molar-refractivity contribution >= 4 is 15.9 Å². The van der Waals surface area contributed by atoms with Gasteiger partial charge >= 0.3 is 0 Å². The number of carbonyl (C=O) groups excluding carboxylic acids is 1. The molecule has 0 saturated carbocycles. The number of nitrogens with zero attached hydrogens (tertiary/aromatic N) is 1. The minimum absolute atomic E-state index is 0.0223. The Morgan fingerprint density at radius 1 is 1.35 bits per heavy atom. The molecule has 1 saturated heterocycles. The van der Waals surface area contributed by atoms with Gasteiger partial charge in [0.15, 0.2) is 0 Å². The molecule has 1 aliphatic heterocycles. The van der Waals surface area contributed by atoms with Crippen molar-refractivity contribution < 1.29 is 22.7 Å². The molecule has 1 aliphatic rings. The second-order valence-electron chi connectivity index (χ2n) is 6.63. The Balaban J connectivity index is 2.25. The predicted octanol–water partition coefficient (Wildman–Crippen LogP) is 0.444. The largest absolute Gasteiger partial charge is 0.496 e. The van der Waals surface area contributed by atoms with Crippen molar-refractivity contribution in [3.8, 4) is 5.75 Å². The van der Waals surface area contributed by atoms with E-state index in [-0.39, 0.29) is 22.9 Å². The van der Waals surface area contributed by atoms with Gasteiger partial charge in [0, 0.05) is 27.7 Å². The van der Waals surface area contributed by atoms with Crippen LogP contribution in [0, 0.1) is 0 Å². The van der Waals surface area contributed by atoms with Gasteiger partial charge in [0.25, 0.3) is 5.91 Å². The second-order valence-corrected chi connectivity index (χ2v) is 8.40. The van der Waals surface area contributed by atoms with E-state index in [4.69, 9.17) is 9.47 Å². The van der Waals surface area contributed by atoms with E-state index in [1.165, 1.54) is 30.2 Å². The maximum atomic E-state index is 12.7. The van der Waals surface area contributed by atoms with Gasteiger partial charge in [-0.2, -0.15) is 0 Å². The number of carbonyl (C=O) groups is 1. The first-order valence-electron chi connectivity index (χ1n) is 8.38. The Morgan fingerprint density at radius 2 is 2.08 bits per heavy atom. The highest BCUT2D eigenvalue weighted by atomic mass is 32.2. The molecule has 146 valence electrons. The summed E-state index contributed by atoms with van der Waals surface area (Å²) in [5.41, 5.74) is -0.206. The third-order valence-electron chi connectivity index (χ3n) is 4.47. The molecule has 1 fully saturated rings. The van der Waals surface area contributed by atoms with Crippen LogP contribution in [-0.4, -0.2) is 72.8 Å². The van der Waals surface area contributed by atoms with Crippen molar-refractivity contribution in [3.63, 3.8) is 0 Å². The number of nitrogens with one attached hydrogen (secondary N) is 2. The molecule has 9 heteroatoms. The molecule has 0 bridgehead atoms. The van der Waals surface area contributed by atoms with Gasteiger partial charge in [-0.15, -0.1) is 0 Å². The number of rotatable bonds is 8. The van der Waals surface area contributed by atoms with Crippen molar-refractivity contribution in [3.05, 3.63) is 23.8 Å². The smallest absolute Gasteiger partial charge is 0.257 e. The van der Waals surface area contributed by atoms with Crippen LogP contribution in [0.2, 0.25) is 0 Å². The standard InChI is InChI=1S/C17H27N3O5S/c1-20(2)16(21)14-10-13(6-7-15(14)25-4)26(22,23)19-11-17(12-24-3)8-5-9-18-17/h6-7,10,18-19H,5,8-9,11-12H2,1-4H3. The van der Waals surface area contributed by atoms with Gasteiger partial charge in [-0.05, 0) is 37.6 Å². The molecule has 8 nitrogen and oxygen atoms in total. The maximum absolute atomic E-state index is 12.7. The highest BCUT2D eigenvalue weighted by Crippen LogP contribution is 2.24. The summed E-state index contributed by atoms with van der Waals surface area (Å²) in [6.07, 6.45) is 1.80. The number of hydrogen-bond acceptors (Lipinski definition) is 6. The average Bonchev–Trinajstić information content (AvgIpc) is 3.08. The maximum Gasteiger partial charge on any atom is 0.257 e. The van der Waals surface area contributed by atoms with Crippen LogP contribution in [0.3, 0.4) is 0 Å². The molecule has 1 unspecified atom stereocenters. The van der Waals surface area contributed by atoms with Crippen LogP contribution in [0.15, 0.2) is 23.1 Å². The van der Waals surface area contributed by atoms with E-state index in [1.807, 2.05) is 0 Å². The Hall–Kier alpha value is -1.68. The first-order valence-corrected chi connectivity index (χ1v) is 9.86. The van der Waals surface area contributed by atoms with Gasteiger partial charge in [0.1, 0.15) is 5.75 Å². The zero-order valence-electron chi connectivity index (χ0n) is 15.7. The fourth-order valence-electron chi connectivity index (χ4n) is 3.05. The first kappa shape index (κ1) is 20.6. The Bertz CT molecular complexity index is 743. The second kappa shape index (κ2) is 8.34. The van der Waals surface area contributed by atoms with Crippen LogP contribution in [0.5, 0.6) is 5.75 Å². The van der Waals surface area contributed by atoms with E-state index >= 15 is 0 Å². The zero-order chi connectivity index (χ0) is 19.4. The molecule has 1 atom stereocenters. The van der Waals surface area contributed by atoms with Crippen LogP contribution < -0.4 is 14.8 Å². The number of sulfonamides is 1. The highest BCUT2D eigenvalue weighted by molar-refractivity contribution is 7.89. The zero-order valence-corrected chi connectivity index (χ0v) is 16.5. The molecule has 2 rings (SSSR count). The molecular formula is C17H27N3O5S. The fraction of sp³-hybridized carbons (Fsp3) is 0.588. The normalized spacial score (nSPS) is 20.2. The molecule has 1 aromatic carbocycles. The van der Waals surface area contributed by atoms with Gasteiger partial charge in [0.05, 0.1) is 29.7 Å². The number of methoxy groups -OCH3 is 2. The molecule has 0 aliphatic carbocycles. The molecule has 1 heterocycles. The first-order chi connectivity index (χ1) is 12.2. The predicted molar refractivity (Wildman–Crippen MR) is 98.0 cm³/mol. The third kappa shape index (κ3) is 4.53. The molecule has 0 aromatic heterocycles. The summed E-state index contributed by atoms with van der Waals surface area (Å²) in [7, 11) is 2.45. The Morgan fingerprint density at radius 3 is 2.62 bits per heavy atom. The average molecular weight is 385 g/mol. The van der Waals surface area contributed by atoms with E-state index in [0.717, 1.165) is 19.4 Å². The summed E-state index contributed by atoms with van der Waals surface area (Å²) in [6, 6.07) is 4.26. The number of ether oxygens (including phenoxy) is 2. The number of hydrogen-bond donors (Lipinski definition) is 2. The van der Waals surface area contributed by atoms with Gasteiger partial charge in [-0.25, -0.2) is 13.1 Å². The van der Waals surface area contributed by atoms with Crippen LogP contribution >= 0.6 is 0 Å². The van der Waals surface area contributed by atoms with Crippen molar-refractivity contribution in [2.45, 2.75) is 23.3 Å². The van der Waals surface area contributed by atoms with Crippen LogP contribution in [0.4, 0.5) is 0 Å². The van der Waals surface area contributed by atoms with E-state index in [0.29, 0.717) is 12.4 Å². The van der Waals surface area contributed by atoms with Gasteiger partial charge in [0.2, 0.25) is 10.0 Å². The summed E-state index contributed by atoms with van der Waals surface area (Å²) in [5, 5.41) is 3.33. The van der Waals surface area contributed by atoms with E-state index in [9.17, 15) is 13.2 Å². The lowest BCUT2D eigenvalue weighted by Crippen LogP contribution is -2.52. The van der Waals surface area contributed by atoms with E-state index in [1.54, 1.807) is 21.2 Å². The number of benzene rings is 1. The van der Waals surface area contributed by atoms with Crippen LogP contribution in [-0.2, 0) is 14.8 Å². The quantitative estimate of drug-likeness (QED) is 0.674. The minimum Gasteiger partial charge on any atom is -0.496 e. The molecule has 0 radical (unpaired) electrons. The summed E-state index contributed by atoms with van der Waals surface area (Å²) in [4.78, 5) is 13.7. The molecule has 26 heavy (non-hydrogen) atoms. The SMILES string of the molecule is COCC1(CNS(=O)(=O)c2ccc(OC)c(C(=O)N(C)C)c2)CCCN1. The lowest BCUT2D eigenvalue weighted by atomic mass is 9.99. The molecule has 0 spiro atoms. The van der Waals surface area contributed by atoms with Gasteiger partial charge < -0.3 is 19.7 Å². The Labute approximate surface area is 154 Å². The van der Waals surface area contributed by atoms with Crippen molar-refractivity contribution in [1.82, 2.24) is 14.9 Å². The summed E-state index contributed by atoms with van der Waals surface area (Å²) >= 11 is 0. The Kier molecular flexibility index (Phi) is 6.62. The van der Waals surface area contributed by atoms with E-state index in [2.05, 4.69) is 10.0 Å². The van der Waals surface area contributed by atoms with Crippen molar-refractivity contribution in [2.75, 3.05) is 48.0 Å². The number of amides is 1. The lowest BCUT2D eigenvalue weighted by molar-refractivity contribution is 0.0824. The topological polar surface area (TPSA) is 97.0 Å².